The van der Waals surface area contributed by atoms with Crippen LogP contribution in [0.1, 0.15) is 49.8 Å². The van der Waals surface area contributed by atoms with Crippen LogP contribution in [-0.2, 0) is 14.3 Å². The van der Waals surface area contributed by atoms with Gasteiger partial charge in [-0.15, -0.1) is 0 Å². The Hall–Kier alpha value is -3.00. The molecular weight excluding hydrogens is 432 g/mol. The van der Waals surface area contributed by atoms with Crippen molar-refractivity contribution in [1.29, 1.82) is 0 Å². The number of rotatable bonds is 6. The molecule has 2 aliphatic rings. The van der Waals surface area contributed by atoms with Crippen molar-refractivity contribution in [2.45, 2.75) is 45.4 Å². The van der Waals surface area contributed by atoms with Gasteiger partial charge in [0, 0.05) is 50.8 Å². The minimum Gasteiger partial charge on any atom is -0.437 e. The maximum absolute atomic E-state index is 13.5. The number of aryl methyl sites for hydroxylation is 1. The number of hydrogen-bond donors (Lipinski definition) is 0. The highest BCUT2D eigenvalue weighted by atomic mass is 16.5. The number of benzene rings is 1. The van der Waals surface area contributed by atoms with Crippen LogP contribution in [0.3, 0.4) is 0 Å². The van der Waals surface area contributed by atoms with Crippen molar-refractivity contribution in [2.24, 2.45) is 5.41 Å². The summed E-state index contributed by atoms with van der Waals surface area (Å²) in [6, 6.07) is 7.83. The number of carbonyl (C=O) groups is 2. The number of piperidine rings is 2. The molecule has 2 aliphatic heterocycles. The van der Waals surface area contributed by atoms with Gasteiger partial charge in [-0.05, 0) is 50.3 Å². The molecule has 0 N–H and O–H groups in total. The summed E-state index contributed by atoms with van der Waals surface area (Å²) in [7, 11) is 1.52. The van der Waals surface area contributed by atoms with E-state index in [-0.39, 0.29) is 24.3 Å². The second kappa shape index (κ2) is 10.5. The fourth-order valence-electron chi connectivity index (χ4n) is 4.87. The molecule has 2 amide bonds. The number of hydrogen-bond acceptors (Lipinski definition) is 6. The highest BCUT2D eigenvalue weighted by Crippen LogP contribution is 2.36. The lowest BCUT2D eigenvalue weighted by Crippen LogP contribution is -2.52. The van der Waals surface area contributed by atoms with Gasteiger partial charge in [0.25, 0.3) is 0 Å². The number of likely N-dealkylation sites (tertiary alicyclic amines) is 2. The molecule has 0 aliphatic carbocycles. The van der Waals surface area contributed by atoms with Crippen LogP contribution < -0.4 is 4.74 Å². The number of nitrogens with zero attached hydrogens (tertiary/aromatic N) is 4. The van der Waals surface area contributed by atoms with Crippen molar-refractivity contribution in [3.05, 3.63) is 47.9 Å². The van der Waals surface area contributed by atoms with Gasteiger partial charge in [0.2, 0.25) is 17.7 Å². The Bertz CT molecular complexity index is 1020. The minimum absolute atomic E-state index is 0.0126. The average Bonchev–Trinajstić information content (AvgIpc) is 2.84. The Morgan fingerprint density at radius 1 is 1.15 bits per heavy atom. The Morgan fingerprint density at radius 2 is 1.94 bits per heavy atom. The quantitative estimate of drug-likeness (QED) is 0.647. The lowest BCUT2D eigenvalue weighted by molar-refractivity contribution is -0.149. The molecule has 182 valence electrons. The number of amides is 2. The first-order valence-corrected chi connectivity index (χ1v) is 12.0. The van der Waals surface area contributed by atoms with E-state index in [0.29, 0.717) is 38.4 Å². The third kappa shape index (κ3) is 5.55. The van der Waals surface area contributed by atoms with E-state index >= 15 is 0 Å². The first kappa shape index (κ1) is 24.1. The number of carbonyl (C=O) groups excluding carboxylic acids is 2. The SMILES string of the molecule is COCC(=O)N1CCC(C)(C(=O)N2CCC[C@H](c3cncc(Oc4cccc(C)c4)n3)C2)CC1. The Morgan fingerprint density at radius 3 is 2.68 bits per heavy atom. The van der Waals surface area contributed by atoms with Gasteiger partial charge in [-0.1, -0.05) is 19.1 Å². The average molecular weight is 467 g/mol. The summed E-state index contributed by atoms with van der Waals surface area (Å²) in [6.07, 6.45) is 6.63. The monoisotopic (exact) mass is 466 g/mol. The summed E-state index contributed by atoms with van der Waals surface area (Å²) in [6.45, 7) is 6.70. The number of aromatic nitrogens is 2. The minimum atomic E-state index is -0.451. The van der Waals surface area contributed by atoms with Gasteiger partial charge in [-0.2, -0.15) is 0 Å². The van der Waals surface area contributed by atoms with Crippen molar-refractivity contribution in [1.82, 2.24) is 19.8 Å². The predicted molar refractivity (Wildman–Crippen MR) is 128 cm³/mol. The van der Waals surface area contributed by atoms with Gasteiger partial charge >= 0.3 is 0 Å². The fourth-order valence-corrected chi connectivity index (χ4v) is 4.87. The molecule has 0 radical (unpaired) electrons. The third-order valence-corrected chi connectivity index (χ3v) is 6.97. The molecule has 2 saturated heterocycles. The van der Waals surface area contributed by atoms with E-state index in [2.05, 4.69) is 4.98 Å². The van der Waals surface area contributed by atoms with Crippen LogP contribution in [0.25, 0.3) is 0 Å². The molecule has 1 aromatic carbocycles. The molecule has 2 fully saturated rings. The second-order valence-corrected chi connectivity index (χ2v) is 9.67. The lowest BCUT2D eigenvalue weighted by Gasteiger charge is -2.43. The summed E-state index contributed by atoms with van der Waals surface area (Å²) < 4.78 is 10.9. The van der Waals surface area contributed by atoms with Gasteiger partial charge in [-0.3, -0.25) is 14.6 Å². The van der Waals surface area contributed by atoms with Gasteiger partial charge in [-0.25, -0.2) is 4.98 Å². The molecule has 2 aromatic rings. The van der Waals surface area contributed by atoms with Crippen LogP contribution in [0, 0.1) is 12.3 Å². The van der Waals surface area contributed by atoms with Crippen LogP contribution in [0.4, 0.5) is 0 Å². The van der Waals surface area contributed by atoms with Gasteiger partial charge in [0.15, 0.2) is 0 Å². The first-order chi connectivity index (χ1) is 16.4. The van der Waals surface area contributed by atoms with Gasteiger partial charge in [0.1, 0.15) is 12.4 Å². The van der Waals surface area contributed by atoms with Crippen LogP contribution in [-0.4, -0.2) is 71.5 Å². The molecule has 1 aromatic heterocycles. The van der Waals surface area contributed by atoms with Crippen LogP contribution in [0.5, 0.6) is 11.6 Å². The third-order valence-electron chi connectivity index (χ3n) is 6.97. The summed E-state index contributed by atoms with van der Waals surface area (Å²) in [5, 5.41) is 0. The van der Waals surface area contributed by atoms with Crippen molar-refractivity contribution in [3.63, 3.8) is 0 Å². The maximum atomic E-state index is 13.5. The Kier molecular flexibility index (Phi) is 7.46. The van der Waals surface area contributed by atoms with E-state index < -0.39 is 5.41 Å². The zero-order valence-electron chi connectivity index (χ0n) is 20.3. The lowest BCUT2D eigenvalue weighted by atomic mass is 9.78. The van der Waals surface area contributed by atoms with Crippen molar-refractivity contribution >= 4 is 11.8 Å². The van der Waals surface area contributed by atoms with Crippen molar-refractivity contribution in [3.8, 4) is 11.6 Å². The smallest absolute Gasteiger partial charge is 0.248 e. The standard InChI is InChI=1S/C26H34N4O4/c1-19-6-4-8-21(14-19)34-23-16-27-15-22(28-23)20-7-5-11-30(17-20)25(32)26(2)9-12-29(13-10-26)24(31)18-33-3/h4,6,8,14-16,20H,5,7,9-13,17-18H2,1-3H3/t20-/m0/s1. The van der Waals surface area contributed by atoms with Gasteiger partial charge < -0.3 is 19.3 Å². The van der Waals surface area contributed by atoms with Crippen LogP contribution in [0.2, 0.25) is 0 Å². The summed E-state index contributed by atoms with van der Waals surface area (Å²) in [4.78, 5) is 38.5. The largest absolute Gasteiger partial charge is 0.437 e. The molecule has 0 bridgehead atoms. The Labute approximate surface area is 201 Å². The van der Waals surface area contributed by atoms with Crippen molar-refractivity contribution in [2.75, 3.05) is 39.9 Å². The first-order valence-electron chi connectivity index (χ1n) is 12.0. The Balaban J connectivity index is 1.39. The molecule has 1 atom stereocenters. The van der Waals surface area contributed by atoms with Crippen LogP contribution in [0.15, 0.2) is 36.7 Å². The molecular formula is C26H34N4O4. The van der Waals surface area contributed by atoms with E-state index in [1.807, 2.05) is 43.0 Å². The molecule has 0 unspecified atom stereocenters. The number of methoxy groups -OCH3 is 1. The molecule has 0 saturated carbocycles. The summed E-state index contributed by atoms with van der Waals surface area (Å²) >= 11 is 0. The maximum Gasteiger partial charge on any atom is 0.248 e. The fraction of sp³-hybridized carbons (Fsp3) is 0.538. The van der Waals surface area contributed by atoms with E-state index in [9.17, 15) is 9.59 Å². The van der Waals surface area contributed by atoms with E-state index in [0.717, 1.165) is 36.4 Å². The zero-order valence-corrected chi connectivity index (χ0v) is 20.3. The summed E-state index contributed by atoms with van der Waals surface area (Å²) in [5.41, 5.74) is 1.52. The molecule has 0 spiro atoms. The zero-order chi connectivity index (χ0) is 24.1. The second-order valence-electron chi connectivity index (χ2n) is 9.67. The molecule has 4 rings (SSSR count). The molecule has 8 nitrogen and oxygen atoms in total. The van der Waals surface area contributed by atoms with E-state index in [1.54, 1.807) is 17.3 Å². The van der Waals surface area contributed by atoms with E-state index in [1.165, 1.54) is 7.11 Å². The van der Waals surface area contributed by atoms with Gasteiger partial charge in [0.05, 0.1) is 11.9 Å². The highest BCUT2D eigenvalue weighted by molar-refractivity contribution is 5.83. The highest BCUT2D eigenvalue weighted by Gasteiger charge is 2.41. The van der Waals surface area contributed by atoms with Crippen LogP contribution >= 0.6 is 0 Å². The predicted octanol–water partition coefficient (Wildman–Crippen LogP) is 3.56. The molecule has 8 heteroatoms. The summed E-state index contributed by atoms with van der Waals surface area (Å²) in [5.74, 6) is 1.48. The van der Waals surface area contributed by atoms with E-state index in [4.69, 9.17) is 14.5 Å². The number of ether oxygens (including phenoxy) is 2. The normalized spacial score (nSPS) is 20.1. The topological polar surface area (TPSA) is 84.9 Å². The molecule has 3 heterocycles. The van der Waals surface area contributed by atoms with Crippen molar-refractivity contribution < 1.29 is 19.1 Å². The molecule has 34 heavy (non-hydrogen) atoms.